The van der Waals surface area contributed by atoms with E-state index in [9.17, 15) is 13.6 Å². The van der Waals surface area contributed by atoms with Gasteiger partial charge in [0.1, 0.15) is 18.1 Å². The number of hydrogen-bond donors (Lipinski definition) is 1. The lowest BCUT2D eigenvalue weighted by Crippen LogP contribution is -2.26. The molecule has 0 spiro atoms. The van der Waals surface area contributed by atoms with Crippen LogP contribution in [0.25, 0.3) is 0 Å². The fraction of sp³-hybridized carbons (Fsp3) is 0.312. The monoisotopic (exact) mass is 325 g/mol. The summed E-state index contributed by atoms with van der Waals surface area (Å²) in [5.41, 5.74) is 0.0734. The van der Waals surface area contributed by atoms with E-state index in [4.69, 9.17) is 9.15 Å². The van der Waals surface area contributed by atoms with Crippen molar-refractivity contribution >= 4 is 5.91 Å². The summed E-state index contributed by atoms with van der Waals surface area (Å²) in [5.74, 6) is 0.119. The number of carbonyl (C=O) groups excluding carboxylic acids is 1. The van der Waals surface area contributed by atoms with Gasteiger partial charge in [-0.2, -0.15) is 8.78 Å². The van der Waals surface area contributed by atoms with Gasteiger partial charge in [-0.15, -0.1) is 0 Å². The highest BCUT2D eigenvalue weighted by Crippen LogP contribution is 2.19. The minimum absolute atomic E-state index is 0.0734. The molecule has 0 bridgehead atoms. The van der Waals surface area contributed by atoms with E-state index in [0.717, 1.165) is 5.76 Å². The van der Waals surface area contributed by atoms with E-state index < -0.39 is 12.5 Å². The van der Waals surface area contributed by atoms with Crippen LogP contribution in [-0.2, 0) is 11.3 Å². The highest BCUT2D eigenvalue weighted by Gasteiger charge is 2.14. The predicted octanol–water partition coefficient (Wildman–Crippen LogP) is 3.22. The van der Waals surface area contributed by atoms with Crippen LogP contribution in [0.5, 0.6) is 5.75 Å². The van der Waals surface area contributed by atoms with Crippen molar-refractivity contribution in [3.05, 3.63) is 54.0 Å². The van der Waals surface area contributed by atoms with Crippen molar-refractivity contribution < 1.29 is 27.5 Å². The van der Waals surface area contributed by atoms with E-state index in [1.165, 1.54) is 18.2 Å². The van der Waals surface area contributed by atoms with E-state index >= 15 is 0 Å². The van der Waals surface area contributed by atoms with Crippen LogP contribution in [0.2, 0.25) is 0 Å². The van der Waals surface area contributed by atoms with Crippen molar-refractivity contribution in [1.29, 1.82) is 0 Å². The van der Waals surface area contributed by atoms with Crippen molar-refractivity contribution in [2.24, 2.45) is 0 Å². The molecule has 0 unspecified atom stereocenters. The molecule has 2 rings (SSSR count). The Labute approximate surface area is 132 Å². The minimum atomic E-state index is -2.97. The number of para-hydroxylation sites is 1. The van der Waals surface area contributed by atoms with Gasteiger partial charge in [0.15, 0.2) is 0 Å². The number of hydrogen-bond acceptors (Lipinski definition) is 4. The van der Waals surface area contributed by atoms with Crippen LogP contribution in [-0.4, -0.2) is 25.7 Å². The maximum absolute atomic E-state index is 12.3. The number of nitrogens with one attached hydrogen (secondary N) is 1. The largest absolute Gasteiger partial charge is 0.467 e. The van der Waals surface area contributed by atoms with E-state index in [2.05, 4.69) is 10.1 Å². The lowest BCUT2D eigenvalue weighted by atomic mass is 10.2. The Morgan fingerprint density at radius 2 is 2.04 bits per heavy atom. The molecule has 7 heteroatoms. The summed E-state index contributed by atoms with van der Waals surface area (Å²) in [6.45, 7) is -1.80. The fourth-order valence-corrected chi connectivity index (χ4v) is 1.89. The summed E-state index contributed by atoms with van der Waals surface area (Å²) < 4.78 is 39.4. The van der Waals surface area contributed by atoms with Crippen LogP contribution < -0.4 is 10.1 Å². The molecule has 0 atom stereocenters. The topological polar surface area (TPSA) is 60.7 Å². The Kier molecular flexibility index (Phi) is 6.56. The van der Waals surface area contributed by atoms with Crippen LogP contribution in [0.15, 0.2) is 47.1 Å². The van der Waals surface area contributed by atoms with Crippen molar-refractivity contribution in [2.45, 2.75) is 19.6 Å². The second-order valence-corrected chi connectivity index (χ2v) is 4.62. The highest BCUT2D eigenvalue weighted by atomic mass is 19.3. The van der Waals surface area contributed by atoms with Crippen LogP contribution in [0.1, 0.15) is 22.5 Å². The molecule has 5 nitrogen and oxygen atoms in total. The normalized spacial score (nSPS) is 10.7. The number of furan rings is 1. The molecule has 0 aliphatic carbocycles. The van der Waals surface area contributed by atoms with Crippen molar-refractivity contribution in [2.75, 3.05) is 13.2 Å². The summed E-state index contributed by atoms with van der Waals surface area (Å²) in [6, 6.07) is 9.45. The highest BCUT2D eigenvalue weighted by molar-refractivity contribution is 5.96. The Bertz CT molecular complexity index is 602. The average Bonchev–Trinajstić information content (AvgIpc) is 3.04. The lowest BCUT2D eigenvalue weighted by molar-refractivity contribution is -0.0501. The van der Waals surface area contributed by atoms with Gasteiger partial charge < -0.3 is 19.2 Å². The van der Waals surface area contributed by atoms with Gasteiger partial charge in [-0.1, -0.05) is 12.1 Å². The first-order chi connectivity index (χ1) is 11.2. The van der Waals surface area contributed by atoms with Gasteiger partial charge in [-0.05, 0) is 30.7 Å². The third-order valence-electron chi connectivity index (χ3n) is 2.92. The van der Waals surface area contributed by atoms with Crippen molar-refractivity contribution in [1.82, 2.24) is 5.32 Å². The minimum Gasteiger partial charge on any atom is -0.467 e. The zero-order valence-corrected chi connectivity index (χ0v) is 12.3. The summed E-state index contributed by atoms with van der Waals surface area (Å²) in [4.78, 5) is 12.0. The van der Waals surface area contributed by atoms with Crippen LogP contribution in [0.4, 0.5) is 8.78 Å². The van der Waals surface area contributed by atoms with E-state index in [1.807, 2.05) is 6.07 Å². The number of carbonyl (C=O) groups is 1. The van der Waals surface area contributed by atoms with Gasteiger partial charge in [0.05, 0.1) is 11.8 Å². The van der Waals surface area contributed by atoms with E-state index in [0.29, 0.717) is 26.2 Å². The third kappa shape index (κ3) is 5.71. The SMILES string of the molecule is O=C(NCCCOCc1ccco1)c1ccccc1OC(F)F. The Morgan fingerprint density at radius 1 is 1.22 bits per heavy atom. The molecular weight excluding hydrogens is 308 g/mol. The van der Waals surface area contributed by atoms with Gasteiger partial charge in [0.2, 0.25) is 0 Å². The zero-order valence-electron chi connectivity index (χ0n) is 12.3. The molecule has 124 valence electrons. The summed E-state index contributed by atoms with van der Waals surface area (Å²) in [7, 11) is 0. The maximum Gasteiger partial charge on any atom is 0.387 e. The standard InChI is InChI=1S/C16H17F2NO4/c17-16(18)23-14-7-2-1-6-13(14)15(20)19-8-4-9-21-11-12-5-3-10-22-12/h1-3,5-7,10,16H,4,8-9,11H2,(H,19,20). The average molecular weight is 325 g/mol. The van der Waals surface area contributed by atoms with E-state index in [-0.39, 0.29) is 11.3 Å². The number of ether oxygens (including phenoxy) is 2. The first kappa shape index (κ1) is 17.0. The maximum atomic E-state index is 12.3. The second kappa shape index (κ2) is 8.89. The molecule has 0 aliphatic heterocycles. The number of alkyl halides is 2. The van der Waals surface area contributed by atoms with Crippen molar-refractivity contribution in [3.8, 4) is 5.75 Å². The van der Waals surface area contributed by atoms with Crippen LogP contribution in [0.3, 0.4) is 0 Å². The molecule has 1 heterocycles. The molecule has 0 aliphatic rings. The first-order valence-corrected chi connectivity index (χ1v) is 7.09. The number of halogens is 2. The van der Waals surface area contributed by atoms with Gasteiger partial charge in [-0.3, -0.25) is 4.79 Å². The first-order valence-electron chi connectivity index (χ1n) is 7.09. The molecule has 0 saturated carbocycles. The Balaban J connectivity index is 1.70. The van der Waals surface area contributed by atoms with Crippen LogP contribution >= 0.6 is 0 Å². The third-order valence-corrected chi connectivity index (χ3v) is 2.92. The molecule has 1 aromatic heterocycles. The Hall–Kier alpha value is -2.41. The molecule has 0 saturated heterocycles. The van der Waals surface area contributed by atoms with Gasteiger partial charge in [0, 0.05) is 13.2 Å². The molecular formula is C16H17F2NO4. The van der Waals surface area contributed by atoms with Crippen LogP contribution in [0, 0.1) is 0 Å². The van der Waals surface area contributed by atoms with Crippen molar-refractivity contribution in [3.63, 3.8) is 0 Å². The molecule has 0 radical (unpaired) electrons. The van der Waals surface area contributed by atoms with Gasteiger partial charge in [0.25, 0.3) is 5.91 Å². The number of rotatable bonds is 9. The zero-order chi connectivity index (χ0) is 16.5. The second-order valence-electron chi connectivity index (χ2n) is 4.62. The smallest absolute Gasteiger partial charge is 0.387 e. The Morgan fingerprint density at radius 3 is 2.78 bits per heavy atom. The summed E-state index contributed by atoms with van der Waals surface area (Å²) >= 11 is 0. The molecule has 23 heavy (non-hydrogen) atoms. The quantitative estimate of drug-likeness (QED) is 0.719. The molecule has 0 fully saturated rings. The van der Waals surface area contributed by atoms with Gasteiger partial charge in [-0.25, -0.2) is 0 Å². The summed E-state index contributed by atoms with van der Waals surface area (Å²) in [6.07, 6.45) is 2.15. The molecule has 2 aromatic rings. The fourth-order valence-electron chi connectivity index (χ4n) is 1.89. The number of amides is 1. The molecule has 1 N–H and O–H groups in total. The van der Waals surface area contributed by atoms with E-state index in [1.54, 1.807) is 18.4 Å². The molecule has 1 amide bonds. The summed E-state index contributed by atoms with van der Waals surface area (Å²) in [5, 5.41) is 2.64. The number of benzene rings is 1. The lowest BCUT2D eigenvalue weighted by Gasteiger charge is -2.10. The van der Waals surface area contributed by atoms with Gasteiger partial charge >= 0.3 is 6.61 Å². The predicted molar refractivity (Wildman–Crippen MR) is 78.4 cm³/mol. The molecule has 1 aromatic carbocycles.